The number of fused-ring (bicyclic) bond motifs is 1. The molecule has 0 aromatic heterocycles. The van der Waals surface area contributed by atoms with Crippen LogP contribution in [-0.2, 0) is 10.0 Å². The Morgan fingerprint density at radius 1 is 1.10 bits per heavy atom. The molecule has 0 unspecified atom stereocenters. The molecular formula is C19H21F2N3O5S. The molecule has 1 fully saturated rings. The lowest BCUT2D eigenvalue weighted by Crippen LogP contribution is -2.44. The standard InChI is InChI=1S/C19H21F2N3O5S/c1-23-8-10-24(11-9-23)15-12-13(6-7-16(15)27-2)30(25,26)22-14-4-3-5-17-18(14)29-19(20,21)28-17/h3-7,12,22H,8-11H2,1-2H3. The van der Waals surface area contributed by atoms with E-state index in [1.165, 1.54) is 37.4 Å². The monoisotopic (exact) mass is 441 g/mol. The molecule has 8 nitrogen and oxygen atoms in total. The quantitative estimate of drug-likeness (QED) is 0.764. The largest absolute Gasteiger partial charge is 0.586 e. The van der Waals surface area contributed by atoms with Crippen LogP contribution in [0.2, 0.25) is 0 Å². The number of nitrogens with zero attached hydrogens (tertiary/aromatic N) is 2. The minimum atomic E-state index is -4.09. The number of nitrogens with one attached hydrogen (secondary N) is 1. The smallest absolute Gasteiger partial charge is 0.495 e. The Balaban J connectivity index is 1.64. The third-order valence-corrected chi connectivity index (χ3v) is 6.34. The number of likely N-dealkylation sites (N-methyl/N-ethyl adjacent to an activating group) is 1. The Labute approximate surface area is 173 Å². The first-order valence-electron chi connectivity index (χ1n) is 9.22. The average Bonchev–Trinajstić information content (AvgIpc) is 3.03. The number of anilines is 2. The number of para-hydroxylation sites is 1. The molecule has 0 saturated carbocycles. The molecule has 0 aliphatic carbocycles. The van der Waals surface area contributed by atoms with Crippen molar-refractivity contribution in [2.75, 3.05) is 50.0 Å². The summed E-state index contributed by atoms with van der Waals surface area (Å²) in [6.07, 6.45) is -3.85. The molecule has 0 spiro atoms. The van der Waals surface area contributed by atoms with Gasteiger partial charge in [0.15, 0.2) is 11.5 Å². The SMILES string of the molecule is COc1ccc(S(=O)(=O)Nc2cccc3c2OC(F)(F)O3)cc1N1CCN(C)CC1. The number of methoxy groups -OCH3 is 1. The number of halogens is 2. The number of rotatable bonds is 5. The summed E-state index contributed by atoms with van der Waals surface area (Å²) in [6, 6.07) is 8.48. The zero-order valence-electron chi connectivity index (χ0n) is 16.4. The second kappa shape index (κ2) is 7.47. The van der Waals surface area contributed by atoms with Gasteiger partial charge < -0.3 is 24.0 Å². The molecule has 0 amide bonds. The average molecular weight is 441 g/mol. The van der Waals surface area contributed by atoms with Crippen molar-refractivity contribution in [2.24, 2.45) is 0 Å². The van der Waals surface area contributed by atoms with Crippen molar-refractivity contribution in [1.29, 1.82) is 0 Å². The van der Waals surface area contributed by atoms with Gasteiger partial charge in [-0.1, -0.05) is 6.07 Å². The number of hydrogen-bond donors (Lipinski definition) is 1. The highest BCUT2D eigenvalue weighted by Crippen LogP contribution is 2.46. The van der Waals surface area contributed by atoms with Crippen LogP contribution in [0.25, 0.3) is 0 Å². The molecule has 2 aliphatic heterocycles. The molecule has 0 bridgehead atoms. The lowest BCUT2D eigenvalue weighted by Gasteiger charge is -2.34. The molecule has 2 aromatic carbocycles. The third kappa shape index (κ3) is 3.94. The van der Waals surface area contributed by atoms with Crippen molar-refractivity contribution in [3.63, 3.8) is 0 Å². The first kappa shape index (κ1) is 20.5. The highest BCUT2D eigenvalue weighted by atomic mass is 32.2. The van der Waals surface area contributed by atoms with Crippen LogP contribution in [0, 0.1) is 0 Å². The summed E-state index contributed by atoms with van der Waals surface area (Å²) in [7, 11) is -0.551. The Morgan fingerprint density at radius 2 is 1.83 bits per heavy atom. The molecule has 1 N–H and O–H groups in total. The summed E-state index contributed by atoms with van der Waals surface area (Å²) in [5.74, 6) is -0.0533. The van der Waals surface area contributed by atoms with Crippen LogP contribution >= 0.6 is 0 Å². The van der Waals surface area contributed by atoms with Crippen molar-refractivity contribution in [1.82, 2.24) is 4.90 Å². The Kier molecular flexibility index (Phi) is 5.10. The zero-order chi connectivity index (χ0) is 21.5. The molecule has 162 valence electrons. The van der Waals surface area contributed by atoms with Gasteiger partial charge in [0.05, 0.1) is 23.4 Å². The topological polar surface area (TPSA) is 80.3 Å². The normalized spacial score (nSPS) is 18.3. The predicted molar refractivity (Wildman–Crippen MR) is 106 cm³/mol. The molecule has 1 saturated heterocycles. The van der Waals surface area contributed by atoms with Gasteiger partial charge in [-0.15, -0.1) is 8.78 Å². The fourth-order valence-corrected chi connectivity index (χ4v) is 4.47. The second-order valence-corrected chi connectivity index (χ2v) is 8.71. The van der Waals surface area contributed by atoms with E-state index in [9.17, 15) is 17.2 Å². The van der Waals surface area contributed by atoms with Gasteiger partial charge in [0.25, 0.3) is 10.0 Å². The van der Waals surface area contributed by atoms with Crippen molar-refractivity contribution >= 4 is 21.4 Å². The van der Waals surface area contributed by atoms with E-state index in [-0.39, 0.29) is 22.1 Å². The fraction of sp³-hybridized carbons (Fsp3) is 0.368. The summed E-state index contributed by atoms with van der Waals surface area (Å²) >= 11 is 0. The number of alkyl halides is 2. The molecular weight excluding hydrogens is 420 g/mol. The van der Waals surface area contributed by atoms with Crippen LogP contribution in [-0.4, -0.2) is 59.9 Å². The minimum Gasteiger partial charge on any atom is -0.495 e. The molecule has 0 atom stereocenters. The highest BCUT2D eigenvalue weighted by molar-refractivity contribution is 7.92. The van der Waals surface area contributed by atoms with Crippen molar-refractivity contribution in [3.05, 3.63) is 36.4 Å². The van der Waals surface area contributed by atoms with Gasteiger partial charge in [0, 0.05) is 26.2 Å². The summed E-state index contributed by atoms with van der Waals surface area (Å²) in [6.45, 7) is 3.10. The number of benzene rings is 2. The number of piperazine rings is 1. The van der Waals surface area contributed by atoms with Crippen LogP contribution in [0.1, 0.15) is 0 Å². The number of sulfonamides is 1. The summed E-state index contributed by atoms with van der Waals surface area (Å²) in [4.78, 5) is 4.20. The van der Waals surface area contributed by atoms with Gasteiger partial charge >= 0.3 is 6.29 Å². The molecule has 4 rings (SSSR count). The number of ether oxygens (including phenoxy) is 3. The highest BCUT2D eigenvalue weighted by Gasteiger charge is 2.45. The van der Waals surface area contributed by atoms with Crippen LogP contribution in [0.5, 0.6) is 17.2 Å². The van der Waals surface area contributed by atoms with Crippen LogP contribution in [0.3, 0.4) is 0 Å². The van der Waals surface area contributed by atoms with Gasteiger partial charge in [-0.05, 0) is 37.4 Å². The number of hydrogen-bond acceptors (Lipinski definition) is 7. The van der Waals surface area contributed by atoms with Crippen LogP contribution < -0.4 is 23.8 Å². The minimum absolute atomic E-state index is 0.0273. The van der Waals surface area contributed by atoms with Crippen molar-refractivity contribution < 1.29 is 31.4 Å². The van der Waals surface area contributed by atoms with E-state index < -0.39 is 16.3 Å². The second-order valence-electron chi connectivity index (χ2n) is 7.03. The van der Waals surface area contributed by atoms with Crippen LogP contribution in [0.15, 0.2) is 41.3 Å². The summed E-state index contributed by atoms with van der Waals surface area (Å²) in [5, 5.41) is 0. The van der Waals surface area contributed by atoms with Crippen molar-refractivity contribution in [2.45, 2.75) is 11.2 Å². The van der Waals surface area contributed by atoms with Gasteiger partial charge in [-0.25, -0.2) is 8.42 Å². The molecule has 0 radical (unpaired) electrons. The van der Waals surface area contributed by atoms with E-state index in [2.05, 4.69) is 24.0 Å². The van der Waals surface area contributed by atoms with Gasteiger partial charge in [0.2, 0.25) is 0 Å². The molecule has 11 heteroatoms. The maximum absolute atomic E-state index is 13.4. The maximum Gasteiger partial charge on any atom is 0.586 e. The lowest BCUT2D eigenvalue weighted by atomic mass is 10.2. The Bertz CT molecular complexity index is 1060. The van der Waals surface area contributed by atoms with E-state index in [1.807, 2.05) is 7.05 Å². The fourth-order valence-electron chi connectivity index (χ4n) is 3.38. The molecule has 2 aliphatic rings. The first-order chi connectivity index (χ1) is 14.2. The van der Waals surface area contributed by atoms with E-state index in [0.29, 0.717) is 11.4 Å². The van der Waals surface area contributed by atoms with Crippen LogP contribution in [0.4, 0.5) is 20.2 Å². The Hall–Kier alpha value is -2.79. The molecule has 30 heavy (non-hydrogen) atoms. The van der Waals surface area contributed by atoms with Gasteiger partial charge in [-0.2, -0.15) is 0 Å². The van der Waals surface area contributed by atoms with Crippen molar-refractivity contribution in [3.8, 4) is 17.2 Å². The maximum atomic E-state index is 13.4. The Morgan fingerprint density at radius 3 is 2.53 bits per heavy atom. The van der Waals surface area contributed by atoms with Gasteiger partial charge in [0.1, 0.15) is 5.75 Å². The van der Waals surface area contributed by atoms with E-state index in [1.54, 1.807) is 6.07 Å². The summed E-state index contributed by atoms with van der Waals surface area (Å²) < 4.78 is 69.3. The third-order valence-electron chi connectivity index (χ3n) is 4.98. The zero-order valence-corrected chi connectivity index (χ0v) is 17.2. The van der Waals surface area contributed by atoms with Gasteiger partial charge in [-0.3, -0.25) is 4.72 Å². The lowest BCUT2D eigenvalue weighted by molar-refractivity contribution is -0.286. The first-order valence-corrected chi connectivity index (χ1v) is 10.7. The predicted octanol–water partition coefficient (Wildman–Crippen LogP) is 2.57. The molecule has 2 aromatic rings. The van der Waals surface area contributed by atoms with E-state index in [4.69, 9.17) is 4.74 Å². The summed E-state index contributed by atoms with van der Waals surface area (Å²) in [5.41, 5.74) is 0.513. The molecule has 2 heterocycles. The van der Waals surface area contributed by atoms with E-state index >= 15 is 0 Å². The van der Waals surface area contributed by atoms with E-state index in [0.717, 1.165) is 26.2 Å².